The highest BCUT2D eigenvalue weighted by Crippen LogP contribution is 2.38. The Morgan fingerprint density at radius 1 is 1.18 bits per heavy atom. The number of benzene rings is 2. The van der Waals surface area contributed by atoms with Crippen molar-refractivity contribution in [3.05, 3.63) is 100 Å². The molecule has 2 aromatic heterocycles. The number of aryl methyl sites for hydroxylation is 1. The lowest BCUT2D eigenvalue weighted by Gasteiger charge is -2.36. The third-order valence-corrected chi connectivity index (χ3v) is 8.07. The molecule has 2 aromatic carbocycles. The van der Waals surface area contributed by atoms with E-state index >= 15 is 0 Å². The van der Waals surface area contributed by atoms with Gasteiger partial charge in [0.15, 0.2) is 0 Å². The molecule has 1 saturated carbocycles. The summed E-state index contributed by atoms with van der Waals surface area (Å²) >= 11 is 0. The number of nitrogens with zero attached hydrogens (tertiary/aromatic N) is 5. The predicted octanol–water partition coefficient (Wildman–Crippen LogP) is 5.79. The molecule has 0 atom stereocenters. The molecule has 4 aromatic rings. The Kier molecular flexibility index (Phi) is 7.76. The van der Waals surface area contributed by atoms with Crippen LogP contribution in [0.4, 0.5) is 0 Å². The maximum Gasteiger partial charge on any atom is 0.259 e. The average Bonchev–Trinajstić information content (AvgIpc) is 3.45. The van der Waals surface area contributed by atoms with Crippen LogP contribution in [0.5, 0.6) is 0 Å². The summed E-state index contributed by atoms with van der Waals surface area (Å²) in [6.45, 7) is 5.89. The molecule has 1 N–H and O–H groups in total. The molecule has 0 unspecified atom stereocenters. The number of hydrogen-bond donors (Lipinski definition) is 1. The van der Waals surface area contributed by atoms with E-state index in [1.54, 1.807) is 0 Å². The summed E-state index contributed by atoms with van der Waals surface area (Å²) in [5, 5.41) is 25.0. The number of allylic oxidation sites excluding steroid dienone is 1. The van der Waals surface area contributed by atoms with Gasteiger partial charge in [0.25, 0.3) is 5.56 Å². The molecule has 1 fully saturated rings. The number of fused-ring (bicyclic) bond motifs is 1. The molecule has 2 heterocycles. The van der Waals surface area contributed by atoms with E-state index in [-0.39, 0.29) is 11.6 Å². The highest BCUT2D eigenvalue weighted by molar-refractivity contribution is 5.70. The van der Waals surface area contributed by atoms with Crippen LogP contribution in [0.1, 0.15) is 80.3 Å². The van der Waals surface area contributed by atoms with Crippen LogP contribution in [0, 0.1) is 11.3 Å². The van der Waals surface area contributed by atoms with Crippen LogP contribution in [-0.4, -0.2) is 29.9 Å². The fourth-order valence-corrected chi connectivity index (χ4v) is 5.94. The van der Waals surface area contributed by atoms with Crippen LogP contribution in [-0.2, 0) is 12.8 Å². The van der Waals surface area contributed by atoms with Crippen molar-refractivity contribution in [2.45, 2.75) is 76.4 Å². The minimum atomic E-state index is -0.699. The molecule has 5 rings (SSSR count). The summed E-state index contributed by atoms with van der Waals surface area (Å²) < 4.78 is 3.67. The van der Waals surface area contributed by atoms with Crippen molar-refractivity contribution < 1.29 is 5.11 Å². The monoisotopic (exact) mass is 521 g/mol. The van der Waals surface area contributed by atoms with Crippen LogP contribution in [0.25, 0.3) is 16.9 Å². The van der Waals surface area contributed by atoms with Gasteiger partial charge in [-0.05, 0) is 67.7 Å². The molecule has 39 heavy (non-hydrogen) atoms. The van der Waals surface area contributed by atoms with Crippen molar-refractivity contribution in [2.24, 2.45) is 0 Å². The summed E-state index contributed by atoms with van der Waals surface area (Å²) in [4.78, 5) is 18.7. The van der Waals surface area contributed by atoms with E-state index in [9.17, 15) is 15.2 Å². The van der Waals surface area contributed by atoms with Gasteiger partial charge < -0.3 is 5.11 Å². The van der Waals surface area contributed by atoms with Gasteiger partial charge in [-0.25, -0.2) is 4.52 Å². The Balaban J connectivity index is 1.50. The highest BCUT2D eigenvalue weighted by Gasteiger charge is 2.35. The fourth-order valence-electron chi connectivity index (χ4n) is 5.94. The van der Waals surface area contributed by atoms with Crippen molar-refractivity contribution in [1.29, 1.82) is 5.26 Å². The van der Waals surface area contributed by atoms with Crippen molar-refractivity contribution in [2.75, 3.05) is 0 Å². The van der Waals surface area contributed by atoms with E-state index in [1.807, 2.05) is 63.7 Å². The lowest BCUT2D eigenvalue weighted by Crippen LogP contribution is -2.39. The molecule has 1 aliphatic carbocycles. The SMILES string of the molecule is C=CCCC1(O)CCC(n2c(=O)c(Cc3ccc(-c4ccccc4C#N)cc3)c(CCC)n3ncnc23)CC1. The largest absolute Gasteiger partial charge is 0.390 e. The molecule has 0 amide bonds. The molecular formula is C32H35N5O2. The number of rotatable bonds is 9. The van der Waals surface area contributed by atoms with Gasteiger partial charge in [0, 0.05) is 18.0 Å². The first-order valence-corrected chi connectivity index (χ1v) is 13.9. The van der Waals surface area contributed by atoms with Gasteiger partial charge in [0.05, 0.1) is 22.9 Å². The van der Waals surface area contributed by atoms with Crippen LogP contribution in [0.3, 0.4) is 0 Å². The van der Waals surface area contributed by atoms with Gasteiger partial charge in [0.1, 0.15) is 6.33 Å². The summed E-state index contributed by atoms with van der Waals surface area (Å²) in [6.07, 6.45) is 9.69. The zero-order chi connectivity index (χ0) is 27.4. The summed E-state index contributed by atoms with van der Waals surface area (Å²) in [5.74, 6) is 0.581. The van der Waals surface area contributed by atoms with Crippen LogP contribution < -0.4 is 5.56 Å². The van der Waals surface area contributed by atoms with E-state index in [4.69, 9.17) is 0 Å². The first-order chi connectivity index (χ1) is 19.0. The van der Waals surface area contributed by atoms with E-state index in [0.717, 1.165) is 60.1 Å². The zero-order valence-electron chi connectivity index (χ0n) is 22.5. The molecule has 0 spiro atoms. The first kappa shape index (κ1) is 26.6. The van der Waals surface area contributed by atoms with Gasteiger partial charge in [-0.2, -0.15) is 15.3 Å². The van der Waals surface area contributed by atoms with Crippen LogP contribution in [0.15, 0.2) is 72.3 Å². The van der Waals surface area contributed by atoms with Gasteiger partial charge in [-0.1, -0.05) is 61.9 Å². The fraction of sp³-hybridized carbons (Fsp3) is 0.375. The van der Waals surface area contributed by atoms with Crippen LogP contribution in [0.2, 0.25) is 0 Å². The molecule has 0 radical (unpaired) electrons. The second-order valence-electron chi connectivity index (χ2n) is 10.6. The third-order valence-electron chi connectivity index (χ3n) is 8.07. The predicted molar refractivity (Wildman–Crippen MR) is 153 cm³/mol. The zero-order valence-corrected chi connectivity index (χ0v) is 22.5. The van der Waals surface area contributed by atoms with Crippen LogP contribution >= 0.6 is 0 Å². The normalized spacial score (nSPS) is 19.2. The molecule has 0 saturated heterocycles. The van der Waals surface area contributed by atoms with E-state index in [1.165, 1.54) is 6.33 Å². The summed E-state index contributed by atoms with van der Waals surface area (Å²) in [7, 11) is 0. The van der Waals surface area contributed by atoms with E-state index in [2.05, 4.69) is 29.7 Å². The maximum absolute atomic E-state index is 14.2. The standard InChI is InChI=1S/C32H35N5O2/c1-3-5-17-32(39)18-15-26(16-19-32)36-30(38)28(29(8-4-2)37-31(36)34-22-35-37)20-23-11-13-24(14-12-23)27-10-7-6-9-25(27)21-33/h3,6-7,9-14,22,26,39H,1,4-5,8,15-20H2,2H3. The molecule has 7 heteroatoms. The second-order valence-corrected chi connectivity index (χ2v) is 10.6. The Labute approximate surface area is 229 Å². The minimum Gasteiger partial charge on any atom is -0.390 e. The molecule has 7 nitrogen and oxygen atoms in total. The van der Waals surface area contributed by atoms with Crippen molar-refractivity contribution in [3.63, 3.8) is 0 Å². The lowest BCUT2D eigenvalue weighted by atomic mass is 9.79. The average molecular weight is 522 g/mol. The summed E-state index contributed by atoms with van der Waals surface area (Å²) in [6, 6.07) is 17.9. The molecular weight excluding hydrogens is 486 g/mol. The first-order valence-electron chi connectivity index (χ1n) is 13.9. The number of hydrogen-bond acceptors (Lipinski definition) is 5. The topological polar surface area (TPSA) is 96.2 Å². The van der Waals surface area contributed by atoms with Crippen molar-refractivity contribution in [1.82, 2.24) is 19.2 Å². The summed E-state index contributed by atoms with van der Waals surface area (Å²) in [5.41, 5.74) is 4.47. The number of aliphatic hydroxyl groups is 1. The Hall–Kier alpha value is -4.02. The molecule has 200 valence electrons. The van der Waals surface area contributed by atoms with E-state index < -0.39 is 5.60 Å². The van der Waals surface area contributed by atoms with Gasteiger partial charge in [-0.15, -0.1) is 6.58 Å². The van der Waals surface area contributed by atoms with Gasteiger partial charge in [0.2, 0.25) is 5.78 Å². The Bertz CT molecular complexity index is 1570. The minimum absolute atomic E-state index is 0.0145. The van der Waals surface area contributed by atoms with E-state index in [0.29, 0.717) is 37.0 Å². The maximum atomic E-state index is 14.2. The molecule has 0 aliphatic heterocycles. The van der Waals surface area contributed by atoms with Crippen molar-refractivity contribution >= 4 is 5.78 Å². The number of aromatic nitrogens is 4. The highest BCUT2D eigenvalue weighted by atomic mass is 16.3. The smallest absolute Gasteiger partial charge is 0.259 e. The van der Waals surface area contributed by atoms with Gasteiger partial charge in [-0.3, -0.25) is 9.36 Å². The number of nitriles is 1. The quantitative estimate of drug-likeness (QED) is 0.282. The lowest BCUT2D eigenvalue weighted by molar-refractivity contribution is -0.0140. The Morgan fingerprint density at radius 2 is 1.92 bits per heavy atom. The molecule has 0 bridgehead atoms. The Morgan fingerprint density at radius 3 is 2.62 bits per heavy atom. The van der Waals surface area contributed by atoms with Gasteiger partial charge >= 0.3 is 0 Å². The third kappa shape index (κ3) is 5.30. The van der Waals surface area contributed by atoms with Crippen molar-refractivity contribution in [3.8, 4) is 17.2 Å². The molecule has 1 aliphatic rings. The second kappa shape index (κ2) is 11.4.